The molecular weight excluding hydrogens is 292 g/mol. The van der Waals surface area contributed by atoms with Gasteiger partial charge in [0.2, 0.25) is 6.29 Å². The van der Waals surface area contributed by atoms with Crippen molar-refractivity contribution in [2.24, 2.45) is 0 Å². The molecule has 0 saturated heterocycles. The average molecular weight is 322 g/mol. The second-order valence-corrected chi connectivity index (χ2v) is 4.47. The van der Waals surface area contributed by atoms with Crippen molar-refractivity contribution in [1.82, 2.24) is 10.6 Å². The van der Waals surface area contributed by atoms with Gasteiger partial charge in [-0.3, -0.25) is 4.79 Å². The van der Waals surface area contributed by atoms with Gasteiger partial charge in [-0.15, -0.1) is 0 Å². The molecule has 0 fully saturated rings. The molecule has 22 heavy (non-hydrogen) atoms. The number of hydrogen-bond donors (Lipinski definition) is 3. The summed E-state index contributed by atoms with van der Waals surface area (Å²) in [7, 11) is 0. The van der Waals surface area contributed by atoms with Gasteiger partial charge in [0.05, 0.1) is 33.0 Å². The number of carbonyl (C=O) groups is 1. The van der Waals surface area contributed by atoms with Gasteiger partial charge in [-0.05, 0) is 6.54 Å². The van der Waals surface area contributed by atoms with Crippen LogP contribution in [0.1, 0.15) is 13.8 Å². The highest BCUT2D eigenvalue weighted by Crippen LogP contribution is 1.89. The number of aliphatic hydroxyl groups excluding tert-OH is 1. The van der Waals surface area contributed by atoms with Gasteiger partial charge in [0.15, 0.2) is 0 Å². The highest BCUT2D eigenvalue weighted by atomic mass is 16.7. The van der Waals surface area contributed by atoms with Crippen molar-refractivity contribution in [2.75, 3.05) is 65.8 Å². The number of nitrogens with one attached hydrogen (secondary N) is 2. The Morgan fingerprint density at radius 2 is 1.50 bits per heavy atom. The van der Waals surface area contributed by atoms with Crippen LogP contribution in [0.2, 0.25) is 0 Å². The van der Waals surface area contributed by atoms with Crippen LogP contribution in [0, 0.1) is 0 Å². The van der Waals surface area contributed by atoms with E-state index in [0.717, 1.165) is 13.1 Å². The maximum atomic E-state index is 10.5. The fraction of sp³-hybridized carbons (Fsp3) is 0.929. The van der Waals surface area contributed by atoms with E-state index >= 15 is 0 Å². The van der Waals surface area contributed by atoms with Crippen molar-refractivity contribution in [3.63, 3.8) is 0 Å². The molecule has 0 bridgehead atoms. The Kier molecular flexibility index (Phi) is 16.0. The molecule has 0 amide bonds. The smallest absolute Gasteiger partial charge is 0.305 e. The molecule has 0 aromatic heterocycles. The summed E-state index contributed by atoms with van der Waals surface area (Å²) >= 11 is 0. The van der Waals surface area contributed by atoms with E-state index < -0.39 is 12.3 Å². The Hall–Kier alpha value is -0.770. The van der Waals surface area contributed by atoms with E-state index in [1.807, 2.05) is 0 Å². The van der Waals surface area contributed by atoms with Gasteiger partial charge >= 0.3 is 5.97 Å². The van der Waals surface area contributed by atoms with Crippen molar-refractivity contribution in [1.29, 1.82) is 0 Å². The molecular formula is C14H30N2O6. The van der Waals surface area contributed by atoms with E-state index in [2.05, 4.69) is 22.3 Å². The summed E-state index contributed by atoms with van der Waals surface area (Å²) in [5.74, 6) is -0.531. The zero-order valence-corrected chi connectivity index (χ0v) is 13.6. The first-order valence-corrected chi connectivity index (χ1v) is 7.66. The summed E-state index contributed by atoms with van der Waals surface area (Å²) in [6.45, 7) is 9.35. The van der Waals surface area contributed by atoms with Gasteiger partial charge in [-0.25, -0.2) is 0 Å². The second-order valence-electron chi connectivity index (χ2n) is 4.47. The third-order valence-corrected chi connectivity index (χ3v) is 2.45. The Morgan fingerprint density at radius 1 is 0.955 bits per heavy atom. The first kappa shape index (κ1) is 21.2. The zero-order chi connectivity index (χ0) is 16.5. The first-order valence-electron chi connectivity index (χ1n) is 7.66. The van der Waals surface area contributed by atoms with Crippen LogP contribution in [-0.4, -0.2) is 83.2 Å². The number of rotatable bonds is 16. The third kappa shape index (κ3) is 17.3. The SMILES string of the molecule is CCNCCOCCOCCNCCOC[C@@H](O)OC(C)=O. The van der Waals surface area contributed by atoms with E-state index in [1.54, 1.807) is 0 Å². The van der Waals surface area contributed by atoms with Crippen molar-refractivity contribution in [3.05, 3.63) is 0 Å². The van der Waals surface area contributed by atoms with Gasteiger partial charge in [0.25, 0.3) is 0 Å². The molecule has 8 heteroatoms. The van der Waals surface area contributed by atoms with Crippen LogP contribution < -0.4 is 10.6 Å². The van der Waals surface area contributed by atoms with E-state index in [-0.39, 0.29) is 6.61 Å². The van der Waals surface area contributed by atoms with Crippen molar-refractivity contribution < 1.29 is 28.8 Å². The zero-order valence-electron chi connectivity index (χ0n) is 13.6. The number of aliphatic hydroxyl groups is 1. The summed E-state index contributed by atoms with van der Waals surface area (Å²) in [5.41, 5.74) is 0. The highest BCUT2D eigenvalue weighted by Gasteiger charge is 2.06. The van der Waals surface area contributed by atoms with Crippen molar-refractivity contribution in [2.45, 2.75) is 20.1 Å². The van der Waals surface area contributed by atoms with Crippen LogP contribution in [0.3, 0.4) is 0 Å². The number of carbonyl (C=O) groups excluding carboxylic acids is 1. The van der Waals surface area contributed by atoms with E-state index in [9.17, 15) is 9.90 Å². The van der Waals surface area contributed by atoms with Crippen LogP contribution in [0.15, 0.2) is 0 Å². The van der Waals surface area contributed by atoms with Crippen LogP contribution in [0.4, 0.5) is 0 Å². The van der Waals surface area contributed by atoms with Crippen LogP contribution in [0.5, 0.6) is 0 Å². The number of hydrogen-bond acceptors (Lipinski definition) is 8. The Morgan fingerprint density at radius 3 is 2.05 bits per heavy atom. The molecule has 0 aliphatic heterocycles. The normalized spacial score (nSPS) is 12.3. The summed E-state index contributed by atoms with van der Waals surface area (Å²) in [4.78, 5) is 10.5. The molecule has 3 N–H and O–H groups in total. The van der Waals surface area contributed by atoms with Crippen LogP contribution >= 0.6 is 0 Å². The molecule has 1 atom stereocenters. The van der Waals surface area contributed by atoms with Gasteiger partial charge < -0.3 is 34.7 Å². The van der Waals surface area contributed by atoms with Gasteiger partial charge in [-0.2, -0.15) is 0 Å². The number of esters is 1. The molecule has 0 aromatic rings. The molecule has 0 saturated carbocycles. The largest absolute Gasteiger partial charge is 0.434 e. The molecule has 0 aromatic carbocycles. The molecule has 0 rings (SSSR count). The van der Waals surface area contributed by atoms with Gasteiger partial charge in [-0.1, -0.05) is 6.92 Å². The molecule has 0 heterocycles. The topological polar surface area (TPSA) is 98.3 Å². The van der Waals surface area contributed by atoms with E-state index in [1.165, 1.54) is 6.92 Å². The van der Waals surface area contributed by atoms with Crippen LogP contribution in [0.25, 0.3) is 0 Å². The third-order valence-electron chi connectivity index (χ3n) is 2.45. The molecule has 132 valence electrons. The molecule has 0 spiro atoms. The maximum Gasteiger partial charge on any atom is 0.305 e. The Labute approximate surface area is 132 Å². The summed E-state index contributed by atoms with van der Waals surface area (Å²) < 4.78 is 20.4. The number of ether oxygens (including phenoxy) is 4. The van der Waals surface area contributed by atoms with Crippen molar-refractivity contribution >= 4 is 5.97 Å². The van der Waals surface area contributed by atoms with Crippen molar-refractivity contribution in [3.8, 4) is 0 Å². The second kappa shape index (κ2) is 16.6. The summed E-state index contributed by atoms with van der Waals surface area (Å²) in [6, 6.07) is 0. The lowest BCUT2D eigenvalue weighted by atomic mass is 10.6. The molecule has 0 aliphatic carbocycles. The Bertz CT molecular complexity index is 255. The lowest BCUT2D eigenvalue weighted by Gasteiger charge is -2.11. The average Bonchev–Trinajstić information content (AvgIpc) is 2.47. The predicted molar refractivity (Wildman–Crippen MR) is 81.6 cm³/mol. The number of likely N-dealkylation sites (N-methyl/N-ethyl adjacent to an activating group) is 1. The fourth-order valence-electron chi connectivity index (χ4n) is 1.47. The standard InChI is InChI=1S/C14H30N2O6/c1-3-15-4-7-19-10-11-20-8-5-16-6-9-21-12-14(18)22-13(2)17/h14-16,18H,3-12H2,1-2H3/t14-/m0/s1. The lowest BCUT2D eigenvalue weighted by molar-refractivity contribution is -0.174. The summed E-state index contributed by atoms with van der Waals surface area (Å²) in [5, 5.41) is 15.5. The summed E-state index contributed by atoms with van der Waals surface area (Å²) in [6.07, 6.45) is -1.20. The molecule has 0 aliphatic rings. The monoisotopic (exact) mass is 322 g/mol. The molecule has 0 radical (unpaired) electrons. The van der Waals surface area contributed by atoms with Crippen LogP contribution in [-0.2, 0) is 23.7 Å². The maximum absolute atomic E-state index is 10.5. The minimum absolute atomic E-state index is 0.0258. The van der Waals surface area contributed by atoms with E-state index in [0.29, 0.717) is 46.1 Å². The quantitative estimate of drug-likeness (QED) is 0.191. The predicted octanol–water partition coefficient (Wildman–Crippen LogP) is -0.883. The lowest BCUT2D eigenvalue weighted by Crippen LogP contribution is -2.27. The molecule has 8 nitrogen and oxygen atoms in total. The fourth-order valence-corrected chi connectivity index (χ4v) is 1.47. The van der Waals surface area contributed by atoms with Gasteiger partial charge in [0, 0.05) is 26.6 Å². The molecule has 0 unspecified atom stereocenters. The van der Waals surface area contributed by atoms with E-state index in [4.69, 9.17) is 14.2 Å². The minimum atomic E-state index is -1.20. The minimum Gasteiger partial charge on any atom is -0.434 e. The Balaban J connectivity index is 3.07. The van der Waals surface area contributed by atoms with Gasteiger partial charge in [0.1, 0.15) is 6.61 Å². The highest BCUT2D eigenvalue weighted by molar-refractivity contribution is 5.65. The first-order chi connectivity index (χ1) is 10.7.